The number of Topliss-reactive ketones (excluding diaryl/α,β-unsaturated/α-hetero) is 1. The molecule has 0 bridgehead atoms. The van der Waals surface area contributed by atoms with E-state index in [2.05, 4.69) is 0 Å². The van der Waals surface area contributed by atoms with Gasteiger partial charge in [0, 0.05) is 13.0 Å². The third-order valence-corrected chi connectivity index (χ3v) is 2.76. The Hall–Kier alpha value is -1.06. The second-order valence-electron chi connectivity index (χ2n) is 5.72. The molecule has 4 nitrogen and oxygen atoms in total. The van der Waals surface area contributed by atoms with Crippen molar-refractivity contribution in [2.45, 2.75) is 58.6 Å². The summed E-state index contributed by atoms with van der Waals surface area (Å²) in [7, 11) is 0. The number of likely N-dealkylation sites (tertiary alicyclic amines) is 1. The summed E-state index contributed by atoms with van der Waals surface area (Å²) in [6, 6.07) is 0. The predicted molar refractivity (Wildman–Crippen MR) is 61.3 cm³/mol. The van der Waals surface area contributed by atoms with Crippen molar-refractivity contribution in [3.05, 3.63) is 0 Å². The lowest BCUT2D eigenvalue weighted by molar-refractivity contribution is -0.132. The molecule has 0 spiro atoms. The van der Waals surface area contributed by atoms with E-state index >= 15 is 0 Å². The number of ketones is 1. The molecule has 1 saturated heterocycles. The average Bonchev–Trinajstić information content (AvgIpc) is 2.06. The molecule has 4 heteroatoms. The lowest BCUT2D eigenvalue weighted by Gasteiger charge is -2.41. The van der Waals surface area contributed by atoms with Crippen LogP contribution in [0.25, 0.3) is 0 Å². The number of hydrogen-bond acceptors (Lipinski definition) is 3. The second kappa shape index (κ2) is 4.07. The van der Waals surface area contributed by atoms with Gasteiger partial charge in [-0.2, -0.15) is 0 Å². The molecule has 0 atom stereocenters. The van der Waals surface area contributed by atoms with E-state index in [-0.39, 0.29) is 5.78 Å². The normalized spacial score (nSPS) is 20.8. The molecule has 0 aliphatic carbocycles. The first-order valence-electron chi connectivity index (χ1n) is 5.68. The van der Waals surface area contributed by atoms with Crippen molar-refractivity contribution in [1.82, 2.24) is 4.90 Å². The molecule has 1 rings (SSSR count). The highest BCUT2D eigenvalue weighted by atomic mass is 16.6. The van der Waals surface area contributed by atoms with Gasteiger partial charge in [-0.15, -0.1) is 0 Å². The van der Waals surface area contributed by atoms with Gasteiger partial charge in [-0.25, -0.2) is 4.79 Å². The number of carbonyl (C=O) groups excluding carboxylic acids is 2. The highest BCUT2D eigenvalue weighted by molar-refractivity contribution is 5.91. The fourth-order valence-corrected chi connectivity index (χ4v) is 1.77. The minimum absolute atomic E-state index is 0.101. The fraction of sp³-hybridized carbons (Fsp3) is 0.833. The predicted octanol–water partition coefficient (Wildman–Crippen LogP) is 2.37. The van der Waals surface area contributed by atoms with E-state index in [0.29, 0.717) is 13.0 Å². The van der Waals surface area contributed by atoms with Crippen molar-refractivity contribution in [3.63, 3.8) is 0 Å². The molecule has 0 saturated carbocycles. The van der Waals surface area contributed by atoms with E-state index in [1.807, 2.05) is 20.8 Å². The molecular formula is C12H21NO3. The van der Waals surface area contributed by atoms with Crippen molar-refractivity contribution in [2.75, 3.05) is 6.54 Å². The number of hydrogen-bond donors (Lipinski definition) is 0. The molecule has 0 N–H and O–H groups in total. The summed E-state index contributed by atoms with van der Waals surface area (Å²) in [6.45, 7) is 9.61. The molecule has 0 unspecified atom stereocenters. The van der Waals surface area contributed by atoms with E-state index in [1.165, 1.54) is 4.90 Å². The van der Waals surface area contributed by atoms with Crippen molar-refractivity contribution < 1.29 is 14.3 Å². The van der Waals surface area contributed by atoms with Crippen molar-refractivity contribution in [3.8, 4) is 0 Å². The van der Waals surface area contributed by atoms with E-state index in [4.69, 9.17) is 4.74 Å². The van der Waals surface area contributed by atoms with Gasteiger partial charge in [0.05, 0.1) is 5.54 Å². The van der Waals surface area contributed by atoms with Crippen molar-refractivity contribution in [2.24, 2.45) is 0 Å². The van der Waals surface area contributed by atoms with Crippen LogP contribution < -0.4 is 0 Å². The Morgan fingerprint density at radius 1 is 1.38 bits per heavy atom. The SMILES string of the molecule is CC(C)(C)OC(=O)N1CCCC(=O)C1(C)C. The zero-order valence-corrected chi connectivity index (χ0v) is 10.8. The maximum absolute atomic E-state index is 11.9. The van der Waals surface area contributed by atoms with Crippen LogP contribution in [0.3, 0.4) is 0 Å². The third kappa shape index (κ3) is 2.74. The van der Waals surface area contributed by atoms with E-state index in [0.717, 1.165) is 6.42 Å². The van der Waals surface area contributed by atoms with Gasteiger partial charge in [0.2, 0.25) is 0 Å². The fourth-order valence-electron chi connectivity index (χ4n) is 1.77. The summed E-state index contributed by atoms with van der Waals surface area (Å²) in [5.41, 5.74) is -1.26. The zero-order valence-electron chi connectivity index (χ0n) is 10.8. The van der Waals surface area contributed by atoms with Gasteiger partial charge in [0.15, 0.2) is 5.78 Å². The molecule has 0 radical (unpaired) electrons. The maximum Gasteiger partial charge on any atom is 0.411 e. The molecule has 16 heavy (non-hydrogen) atoms. The van der Waals surface area contributed by atoms with Gasteiger partial charge in [-0.3, -0.25) is 9.69 Å². The average molecular weight is 227 g/mol. The van der Waals surface area contributed by atoms with E-state index in [1.54, 1.807) is 13.8 Å². The Balaban J connectivity index is 2.79. The molecule has 1 heterocycles. The minimum Gasteiger partial charge on any atom is -0.444 e. The number of piperidine rings is 1. The molecule has 1 aliphatic rings. The largest absolute Gasteiger partial charge is 0.444 e. The standard InChI is InChI=1S/C12H21NO3/c1-11(2,3)16-10(15)13-8-6-7-9(14)12(13,4)5/h6-8H2,1-5H3. The van der Waals surface area contributed by atoms with E-state index in [9.17, 15) is 9.59 Å². The van der Waals surface area contributed by atoms with Gasteiger partial charge in [0.1, 0.15) is 5.60 Å². The van der Waals surface area contributed by atoms with Crippen LogP contribution in [0.5, 0.6) is 0 Å². The molecule has 1 amide bonds. The summed E-state index contributed by atoms with van der Waals surface area (Å²) < 4.78 is 5.30. The topological polar surface area (TPSA) is 46.6 Å². The summed E-state index contributed by atoms with van der Waals surface area (Å²) in [5, 5.41) is 0. The van der Waals surface area contributed by atoms with Gasteiger partial charge in [-0.05, 0) is 41.0 Å². The number of carbonyl (C=O) groups is 2. The number of rotatable bonds is 0. The minimum atomic E-state index is -0.736. The molecule has 1 aliphatic heterocycles. The lowest BCUT2D eigenvalue weighted by atomic mass is 9.89. The quantitative estimate of drug-likeness (QED) is 0.638. The Labute approximate surface area is 96.9 Å². The van der Waals surface area contributed by atoms with Gasteiger partial charge < -0.3 is 4.74 Å². The smallest absolute Gasteiger partial charge is 0.411 e. The Morgan fingerprint density at radius 3 is 2.44 bits per heavy atom. The van der Waals surface area contributed by atoms with Crippen LogP contribution in [0, 0.1) is 0 Å². The monoisotopic (exact) mass is 227 g/mol. The van der Waals surface area contributed by atoms with Crippen molar-refractivity contribution in [1.29, 1.82) is 0 Å². The maximum atomic E-state index is 11.9. The third-order valence-electron chi connectivity index (χ3n) is 2.76. The van der Waals surface area contributed by atoms with Gasteiger partial charge in [-0.1, -0.05) is 0 Å². The Morgan fingerprint density at radius 2 is 1.94 bits per heavy atom. The van der Waals surface area contributed by atoms with Gasteiger partial charge in [0.25, 0.3) is 0 Å². The Bertz CT molecular complexity index is 302. The molecule has 0 aromatic carbocycles. The summed E-state index contributed by atoms with van der Waals surface area (Å²) in [5.74, 6) is 0.101. The number of nitrogens with zero attached hydrogens (tertiary/aromatic N) is 1. The Kier molecular flexibility index (Phi) is 3.31. The molecular weight excluding hydrogens is 206 g/mol. The summed E-state index contributed by atoms with van der Waals surface area (Å²) in [6.07, 6.45) is 0.874. The van der Waals surface area contributed by atoms with Crippen LogP contribution in [0.1, 0.15) is 47.5 Å². The van der Waals surface area contributed by atoms with Crippen LogP contribution >= 0.6 is 0 Å². The summed E-state index contributed by atoms with van der Waals surface area (Å²) >= 11 is 0. The first kappa shape index (κ1) is 13.0. The van der Waals surface area contributed by atoms with Crippen LogP contribution in [0.2, 0.25) is 0 Å². The molecule has 0 aromatic heterocycles. The molecule has 1 fully saturated rings. The van der Waals surface area contributed by atoms with Crippen LogP contribution in [-0.4, -0.2) is 34.5 Å². The van der Waals surface area contributed by atoms with Crippen LogP contribution in [-0.2, 0) is 9.53 Å². The zero-order chi connectivity index (χ0) is 12.6. The summed E-state index contributed by atoms with van der Waals surface area (Å²) in [4.78, 5) is 25.2. The van der Waals surface area contributed by atoms with E-state index < -0.39 is 17.2 Å². The van der Waals surface area contributed by atoms with Crippen molar-refractivity contribution >= 4 is 11.9 Å². The highest BCUT2D eigenvalue weighted by Crippen LogP contribution is 2.26. The highest BCUT2D eigenvalue weighted by Gasteiger charge is 2.41. The first-order valence-corrected chi connectivity index (χ1v) is 5.68. The first-order chi connectivity index (χ1) is 7.14. The molecule has 0 aromatic rings. The molecule has 92 valence electrons. The van der Waals surface area contributed by atoms with Crippen LogP contribution in [0.15, 0.2) is 0 Å². The lowest BCUT2D eigenvalue weighted by Crippen LogP contribution is -2.57. The number of ether oxygens (including phenoxy) is 1. The number of amides is 1. The van der Waals surface area contributed by atoms with Crippen LogP contribution in [0.4, 0.5) is 4.79 Å². The van der Waals surface area contributed by atoms with Gasteiger partial charge >= 0.3 is 6.09 Å². The second-order valence-corrected chi connectivity index (χ2v) is 5.72.